The van der Waals surface area contributed by atoms with Crippen molar-refractivity contribution in [3.63, 3.8) is 0 Å². The van der Waals surface area contributed by atoms with Gasteiger partial charge in [0.15, 0.2) is 0 Å². The summed E-state index contributed by atoms with van der Waals surface area (Å²) in [7, 11) is 0. The zero-order chi connectivity index (χ0) is 14.1. The molecule has 0 aliphatic carbocycles. The maximum atomic E-state index is 13.3. The molecule has 2 heterocycles. The van der Waals surface area contributed by atoms with E-state index in [1.54, 1.807) is 36.3 Å². The molecule has 0 amide bonds. The highest BCUT2D eigenvalue weighted by Crippen LogP contribution is 2.48. The molecule has 20 heavy (non-hydrogen) atoms. The van der Waals surface area contributed by atoms with Gasteiger partial charge in [-0.15, -0.1) is 11.8 Å². The molecule has 0 fully saturated rings. The highest BCUT2D eigenvalue weighted by molar-refractivity contribution is 8.14. The Labute approximate surface area is 121 Å². The second-order valence-corrected chi connectivity index (χ2v) is 6.03. The van der Waals surface area contributed by atoms with Crippen LogP contribution in [0.3, 0.4) is 0 Å². The van der Waals surface area contributed by atoms with Crippen LogP contribution in [0.4, 0.5) is 10.1 Å². The topological polar surface area (TPSA) is 51.3 Å². The molecule has 0 spiro atoms. The lowest BCUT2D eigenvalue weighted by molar-refractivity contribution is 0.630. The molecule has 0 radical (unpaired) electrons. The average Bonchev–Trinajstić information content (AvgIpc) is 2.85. The Morgan fingerprint density at radius 1 is 1.15 bits per heavy atom. The molecular formula is C15H14FN3S. The predicted molar refractivity (Wildman–Crippen MR) is 81.2 cm³/mol. The smallest absolute Gasteiger partial charge is 0.146 e. The predicted octanol–water partition coefficient (Wildman–Crippen LogP) is 3.75. The third kappa shape index (κ3) is 2.41. The first-order valence-electron chi connectivity index (χ1n) is 6.31. The first-order valence-corrected chi connectivity index (χ1v) is 7.19. The Balaban J connectivity index is 1.98. The van der Waals surface area contributed by atoms with E-state index in [0.717, 1.165) is 16.2 Å². The van der Waals surface area contributed by atoms with E-state index in [9.17, 15) is 4.39 Å². The van der Waals surface area contributed by atoms with E-state index in [4.69, 9.17) is 5.73 Å². The van der Waals surface area contributed by atoms with Gasteiger partial charge in [0.25, 0.3) is 0 Å². The average molecular weight is 287 g/mol. The van der Waals surface area contributed by atoms with Gasteiger partial charge in [-0.3, -0.25) is 9.98 Å². The number of nitrogens with two attached hydrogens (primary N) is 1. The molecule has 2 atom stereocenters. The zero-order valence-corrected chi connectivity index (χ0v) is 11.8. The van der Waals surface area contributed by atoms with Gasteiger partial charge in [-0.25, -0.2) is 4.39 Å². The monoisotopic (exact) mass is 287 g/mol. The Bertz CT molecular complexity index is 657. The van der Waals surface area contributed by atoms with Gasteiger partial charge in [0.05, 0.1) is 22.0 Å². The minimum Gasteiger partial charge on any atom is -0.396 e. The second kappa shape index (κ2) is 5.25. The number of benzene rings is 1. The fourth-order valence-electron chi connectivity index (χ4n) is 2.34. The minimum absolute atomic E-state index is 0.0212. The van der Waals surface area contributed by atoms with Crippen LogP contribution >= 0.6 is 11.8 Å². The van der Waals surface area contributed by atoms with E-state index in [-0.39, 0.29) is 22.8 Å². The van der Waals surface area contributed by atoms with E-state index in [2.05, 4.69) is 9.98 Å². The molecular weight excluding hydrogens is 273 g/mol. The molecule has 3 nitrogen and oxygen atoms in total. The maximum Gasteiger partial charge on any atom is 0.146 e. The summed E-state index contributed by atoms with van der Waals surface area (Å²) in [5, 5.41) is 1.15. The van der Waals surface area contributed by atoms with E-state index in [1.165, 1.54) is 6.07 Å². The van der Waals surface area contributed by atoms with Crippen molar-refractivity contribution in [1.29, 1.82) is 0 Å². The van der Waals surface area contributed by atoms with Crippen molar-refractivity contribution in [3.8, 4) is 0 Å². The van der Waals surface area contributed by atoms with Gasteiger partial charge in [-0.05, 0) is 42.3 Å². The molecule has 0 bridgehead atoms. The third-order valence-electron chi connectivity index (χ3n) is 3.30. The number of thioether (sulfide) groups is 1. The largest absolute Gasteiger partial charge is 0.396 e. The summed E-state index contributed by atoms with van der Waals surface area (Å²) in [4.78, 5) is 8.72. The van der Waals surface area contributed by atoms with Gasteiger partial charge in [-0.1, -0.05) is 6.07 Å². The van der Waals surface area contributed by atoms with Crippen molar-refractivity contribution < 1.29 is 4.39 Å². The summed E-state index contributed by atoms with van der Waals surface area (Å²) in [5.41, 5.74) is 7.96. The Kier molecular flexibility index (Phi) is 3.44. The molecule has 2 aromatic rings. The van der Waals surface area contributed by atoms with Crippen LogP contribution in [0.15, 0.2) is 47.7 Å². The number of rotatable bonds is 2. The number of aromatic nitrogens is 1. The maximum absolute atomic E-state index is 13.3. The van der Waals surface area contributed by atoms with Crippen LogP contribution in [0.5, 0.6) is 0 Å². The van der Waals surface area contributed by atoms with Crippen LogP contribution in [-0.2, 0) is 0 Å². The van der Waals surface area contributed by atoms with Crippen LogP contribution in [0.2, 0.25) is 0 Å². The molecule has 2 N–H and O–H groups in total. The van der Waals surface area contributed by atoms with E-state index in [1.807, 2.05) is 19.1 Å². The number of hydrogen-bond donors (Lipinski definition) is 1. The Morgan fingerprint density at radius 3 is 2.60 bits per heavy atom. The normalized spacial score (nSPS) is 21.8. The third-order valence-corrected chi connectivity index (χ3v) is 4.53. The standard InChI is InChI=1S/C15H14FN3S/c1-9-19-14(10-4-6-18-7-5-10)15(20-9)11-2-3-12(16)13(17)8-11/h2-8,14-15H,17H2,1H3. The Hall–Kier alpha value is -1.88. The fourth-order valence-corrected chi connectivity index (χ4v) is 3.51. The number of pyridine rings is 1. The van der Waals surface area contributed by atoms with E-state index >= 15 is 0 Å². The molecule has 0 saturated carbocycles. The summed E-state index contributed by atoms with van der Waals surface area (Å²) in [5.74, 6) is -0.380. The lowest BCUT2D eigenvalue weighted by Crippen LogP contribution is -2.04. The van der Waals surface area contributed by atoms with Crippen LogP contribution in [0, 0.1) is 5.82 Å². The summed E-state index contributed by atoms with van der Waals surface area (Å²) < 4.78 is 13.3. The number of halogens is 1. The quantitative estimate of drug-likeness (QED) is 0.856. The summed E-state index contributed by atoms with van der Waals surface area (Å²) >= 11 is 1.69. The summed E-state index contributed by atoms with van der Waals surface area (Å²) in [6, 6.07) is 8.86. The molecule has 0 saturated heterocycles. The summed E-state index contributed by atoms with van der Waals surface area (Å²) in [6.45, 7) is 1.99. The molecule has 1 aromatic carbocycles. The lowest BCUT2D eigenvalue weighted by atomic mass is 9.99. The van der Waals surface area contributed by atoms with Gasteiger partial charge >= 0.3 is 0 Å². The molecule has 1 aliphatic rings. The van der Waals surface area contributed by atoms with Crippen molar-refractivity contribution in [3.05, 3.63) is 59.7 Å². The zero-order valence-electron chi connectivity index (χ0n) is 11.0. The molecule has 1 aliphatic heterocycles. The van der Waals surface area contributed by atoms with Crippen molar-refractivity contribution in [2.45, 2.75) is 18.2 Å². The first-order chi connectivity index (χ1) is 9.65. The molecule has 102 valence electrons. The number of nitrogens with zero attached hydrogens (tertiary/aromatic N) is 2. The van der Waals surface area contributed by atoms with Crippen LogP contribution < -0.4 is 5.73 Å². The highest BCUT2D eigenvalue weighted by Gasteiger charge is 2.31. The van der Waals surface area contributed by atoms with Crippen molar-refractivity contribution in [1.82, 2.24) is 4.98 Å². The van der Waals surface area contributed by atoms with Gasteiger partial charge < -0.3 is 5.73 Å². The molecule has 5 heteroatoms. The van der Waals surface area contributed by atoms with Crippen molar-refractivity contribution in [2.75, 3.05) is 5.73 Å². The van der Waals surface area contributed by atoms with Crippen LogP contribution in [-0.4, -0.2) is 10.0 Å². The lowest BCUT2D eigenvalue weighted by Gasteiger charge is -2.18. The number of nitrogen functional groups attached to an aromatic ring is 1. The van der Waals surface area contributed by atoms with E-state index < -0.39 is 0 Å². The number of hydrogen-bond acceptors (Lipinski definition) is 4. The van der Waals surface area contributed by atoms with Crippen LogP contribution in [0.1, 0.15) is 29.3 Å². The molecule has 2 unspecified atom stereocenters. The summed E-state index contributed by atoms with van der Waals surface area (Å²) in [6.07, 6.45) is 3.53. The number of anilines is 1. The van der Waals surface area contributed by atoms with Gasteiger partial charge in [-0.2, -0.15) is 0 Å². The van der Waals surface area contributed by atoms with Gasteiger partial charge in [0.1, 0.15) is 5.82 Å². The SMILES string of the molecule is CC1=NC(c2ccncc2)C(c2ccc(F)c(N)c2)S1. The van der Waals surface area contributed by atoms with Crippen LogP contribution in [0.25, 0.3) is 0 Å². The second-order valence-electron chi connectivity index (χ2n) is 4.69. The molecule has 1 aromatic heterocycles. The van der Waals surface area contributed by atoms with E-state index in [0.29, 0.717) is 0 Å². The fraction of sp³-hybridized carbons (Fsp3) is 0.200. The van der Waals surface area contributed by atoms with Gasteiger partial charge in [0, 0.05) is 12.4 Å². The molecule has 3 rings (SSSR count). The van der Waals surface area contributed by atoms with Gasteiger partial charge in [0.2, 0.25) is 0 Å². The van der Waals surface area contributed by atoms with Crippen molar-refractivity contribution >= 4 is 22.5 Å². The number of aliphatic imine (C=N–C) groups is 1. The Morgan fingerprint density at radius 2 is 1.90 bits per heavy atom. The first kappa shape index (κ1) is 13.1. The minimum atomic E-state index is -0.380. The highest BCUT2D eigenvalue weighted by atomic mass is 32.2. The van der Waals surface area contributed by atoms with Crippen molar-refractivity contribution in [2.24, 2.45) is 4.99 Å².